The second-order valence-electron chi connectivity index (χ2n) is 8.68. The standard InChI is InChI=1S/C24H24Cl2F3N3O3/c1-14(35-22-7-3-16(11-31-22)24(27,28)29)18-12-32(23(33)30-8-9-34-17-4-5-17)13-19(18)15-2-6-20(25)21(26)10-15/h2-3,6-8,10-11,14,17-19H,4-5,9,12-13H2,1H3/t14-,18?,19+/m0/s1. The number of amides is 2. The number of carbonyl (C=O) groups is 1. The maximum absolute atomic E-state index is 12.8. The zero-order valence-electron chi connectivity index (χ0n) is 18.8. The highest BCUT2D eigenvalue weighted by molar-refractivity contribution is 6.42. The Hall–Kier alpha value is -2.36. The maximum Gasteiger partial charge on any atom is 0.417 e. The molecule has 1 saturated heterocycles. The highest BCUT2D eigenvalue weighted by atomic mass is 35.5. The minimum Gasteiger partial charge on any atom is -0.474 e. The summed E-state index contributed by atoms with van der Waals surface area (Å²) in [5, 5.41) is 0.803. The number of nitrogens with zero attached hydrogens (tertiary/aromatic N) is 3. The smallest absolute Gasteiger partial charge is 0.417 e. The lowest BCUT2D eigenvalue weighted by Gasteiger charge is -2.25. The van der Waals surface area contributed by atoms with Crippen LogP contribution in [0.1, 0.15) is 36.8 Å². The first-order valence-electron chi connectivity index (χ1n) is 11.2. The van der Waals surface area contributed by atoms with Crippen LogP contribution in [0.15, 0.2) is 41.5 Å². The number of ether oxygens (including phenoxy) is 2. The number of rotatable bonds is 7. The number of hydrogen-bond acceptors (Lipinski definition) is 4. The van der Waals surface area contributed by atoms with Gasteiger partial charge in [0.1, 0.15) is 6.10 Å². The Balaban J connectivity index is 1.49. The quantitative estimate of drug-likeness (QED) is 0.397. The van der Waals surface area contributed by atoms with E-state index in [1.165, 1.54) is 12.3 Å². The summed E-state index contributed by atoms with van der Waals surface area (Å²) < 4.78 is 49.9. The SMILES string of the molecule is C[C@H](Oc1ccc(C(F)(F)F)cn1)C1CN(C(=O)N=CCOC2CC2)C[C@@H]1c1ccc(Cl)c(Cl)c1. The van der Waals surface area contributed by atoms with Gasteiger partial charge in [-0.3, -0.25) is 0 Å². The van der Waals surface area contributed by atoms with E-state index in [0.717, 1.165) is 30.7 Å². The average molecular weight is 530 g/mol. The largest absolute Gasteiger partial charge is 0.474 e. The summed E-state index contributed by atoms with van der Waals surface area (Å²) >= 11 is 12.3. The second-order valence-corrected chi connectivity index (χ2v) is 9.50. The Morgan fingerprint density at radius 2 is 2.00 bits per heavy atom. The Labute approximate surface area is 211 Å². The maximum atomic E-state index is 12.8. The summed E-state index contributed by atoms with van der Waals surface area (Å²) in [6.07, 6.45) is -0.413. The molecule has 1 saturated carbocycles. The van der Waals surface area contributed by atoms with Crippen LogP contribution in [0, 0.1) is 5.92 Å². The minimum atomic E-state index is -4.48. The van der Waals surface area contributed by atoms with Gasteiger partial charge in [-0.15, -0.1) is 0 Å². The predicted octanol–water partition coefficient (Wildman–Crippen LogP) is 6.26. The molecule has 6 nitrogen and oxygen atoms in total. The third kappa shape index (κ3) is 6.65. The molecule has 188 valence electrons. The molecule has 4 rings (SSSR count). The lowest BCUT2D eigenvalue weighted by molar-refractivity contribution is -0.137. The number of aliphatic imine (C=N–C) groups is 1. The summed E-state index contributed by atoms with van der Waals surface area (Å²) in [6.45, 7) is 2.79. The highest BCUT2D eigenvalue weighted by Crippen LogP contribution is 2.38. The van der Waals surface area contributed by atoms with Crippen molar-refractivity contribution in [3.63, 3.8) is 0 Å². The molecular formula is C24H24Cl2F3N3O3. The van der Waals surface area contributed by atoms with Gasteiger partial charge in [0.2, 0.25) is 5.88 Å². The van der Waals surface area contributed by atoms with Crippen molar-refractivity contribution in [2.75, 3.05) is 19.7 Å². The van der Waals surface area contributed by atoms with Gasteiger partial charge in [0, 0.05) is 43.4 Å². The molecule has 2 amide bonds. The monoisotopic (exact) mass is 529 g/mol. The second kappa shape index (κ2) is 10.7. The first-order valence-corrected chi connectivity index (χ1v) is 12.0. The van der Waals surface area contributed by atoms with E-state index in [1.54, 1.807) is 24.0 Å². The number of likely N-dealkylation sites (tertiary alicyclic amines) is 1. The normalized spacial score (nSPS) is 21.5. The third-order valence-electron chi connectivity index (χ3n) is 6.11. The average Bonchev–Trinajstić information content (AvgIpc) is 3.53. The number of urea groups is 1. The van der Waals surface area contributed by atoms with Crippen LogP contribution in [0.4, 0.5) is 18.0 Å². The fourth-order valence-electron chi connectivity index (χ4n) is 4.06. The van der Waals surface area contributed by atoms with Gasteiger partial charge in [0.15, 0.2) is 0 Å². The molecule has 1 aliphatic carbocycles. The summed E-state index contributed by atoms with van der Waals surface area (Å²) in [7, 11) is 0. The van der Waals surface area contributed by atoms with E-state index < -0.39 is 23.9 Å². The Bertz CT molecular complexity index is 1080. The summed E-state index contributed by atoms with van der Waals surface area (Å²) in [5.41, 5.74) is 0.0175. The van der Waals surface area contributed by atoms with E-state index in [0.29, 0.717) is 23.1 Å². The molecule has 0 spiro atoms. The number of alkyl halides is 3. The highest BCUT2D eigenvalue weighted by Gasteiger charge is 2.40. The first kappa shape index (κ1) is 25.7. The zero-order valence-corrected chi connectivity index (χ0v) is 20.4. The van der Waals surface area contributed by atoms with Crippen LogP contribution in [0.2, 0.25) is 10.0 Å². The van der Waals surface area contributed by atoms with E-state index >= 15 is 0 Å². The van der Waals surface area contributed by atoms with Crippen molar-refractivity contribution < 1.29 is 27.4 Å². The molecule has 0 radical (unpaired) electrons. The lowest BCUT2D eigenvalue weighted by atomic mass is 9.86. The minimum absolute atomic E-state index is 0.0680. The summed E-state index contributed by atoms with van der Waals surface area (Å²) in [4.78, 5) is 22.2. The predicted molar refractivity (Wildman–Crippen MR) is 126 cm³/mol. The van der Waals surface area contributed by atoms with Crippen molar-refractivity contribution in [2.24, 2.45) is 10.9 Å². The molecule has 1 aromatic heterocycles. The molecule has 2 aliphatic rings. The first-order chi connectivity index (χ1) is 16.6. The Kier molecular flexibility index (Phi) is 7.88. The Morgan fingerprint density at radius 3 is 2.63 bits per heavy atom. The third-order valence-corrected chi connectivity index (χ3v) is 6.85. The number of benzene rings is 1. The van der Waals surface area contributed by atoms with Crippen molar-refractivity contribution in [1.82, 2.24) is 9.88 Å². The number of aromatic nitrogens is 1. The molecule has 3 atom stereocenters. The van der Waals surface area contributed by atoms with Crippen LogP contribution in [0.25, 0.3) is 0 Å². The lowest BCUT2D eigenvalue weighted by Crippen LogP contribution is -2.31. The van der Waals surface area contributed by atoms with E-state index in [1.807, 2.05) is 6.07 Å². The van der Waals surface area contributed by atoms with Crippen molar-refractivity contribution in [3.05, 3.63) is 57.7 Å². The van der Waals surface area contributed by atoms with Crippen LogP contribution < -0.4 is 4.74 Å². The number of halogens is 5. The summed E-state index contributed by atoms with van der Waals surface area (Å²) in [5.74, 6) is -0.285. The van der Waals surface area contributed by atoms with Crippen LogP contribution in [-0.4, -0.2) is 54.0 Å². The van der Waals surface area contributed by atoms with Gasteiger partial charge in [-0.2, -0.15) is 13.2 Å². The van der Waals surface area contributed by atoms with E-state index in [2.05, 4.69) is 9.98 Å². The number of carbonyl (C=O) groups excluding carboxylic acids is 1. The van der Waals surface area contributed by atoms with Gasteiger partial charge in [0.25, 0.3) is 0 Å². The van der Waals surface area contributed by atoms with E-state index in [9.17, 15) is 18.0 Å². The van der Waals surface area contributed by atoms with Gasteiger partial charge in [-0.1, -0.05) is 29.3 Å². The molecule has 35 heavy (non-hydrogen) atoms. The van der Waals surface area contributed by atoms with Gasteiger partial charge in [0.05, 0.1) is 28.3 Å². The topological polar surface area (TPSA) is 64.0 Å². The molecule has 0 N–H and O–H groups in total. The molecule has 1 aromatic carbocycles. The fourth-order valence-corrected chi connectivity index (χ4v) is 4.37. The molecule has 2 fully saturated rings. The van der Waals surface area contributed by atoms with Gasteiger partial charge < -0.3 is 14.4 Å². The number of hydrogen-bond donors (Lipinski definition) is 0. The molecule has 2 aromatic rings. The van der Waals surface area contributed by atoms with Crippen LogP contribution in [0.5, 0.6) is 5.88 Å². The van der Waals surface area contributed by atoms with Gasteiger partial charge >= 0.3 is 12.2 Å². The fraction of sp³-hybridized carbons (Fsp3) is 0.458. The van der Waals surface area contributed by atoms with Crippen molar-refractivity contribution in [1.29, 1.82) is 0 Å². The Morgan fingerprint density at radius 1 is 1.23 bits per heavy atom. The van der Waals surface area contributed by atoms with Crippen molar-refractivity contribution in [2.45, 2.75) is 44.1 Å². The molecule has 11 heteroatoms. The zero-order chi connectivity index (χ0) is 25.2. The molecule has 1 unspecified atom stereocenters. The molecular weight excluding hydrogens is 506 g/mol. The van der Waals surface area contributed by atoms with Crippen molar-refractivity contribution >= 4 is 35.4 Å². The van der Waals surface area contributed by atoms with E-state index in [-0.39, 0.29) is 30.4 Å². The molecule has 2 heterocycles. The van der Waals surface area contributed by atoms with Gasteiger partial charge in [-0.25, -0.2) is 14.8 Å². The van der Waals surface area contributed by atoms with E-state index in [4.69, 9.17) is 32.7 Å². The van der Waals surface area contributed by atoms with Crippen LogP contribution >= 0.6 is 23.2 Å². The number of pyridine rings is 1. The molecule has 1 aliphatic heterocycles. The molecule has 0 bridgehead atoms. The van der Waals surface area contributed by atoms with Crippen LogP contribution in [0.3, 0.4) is 0 Å². The summed E-state index contributed by atoms with van der Waals surface area (Å²) in [6, 6.07) is 7.01. The van der Waals surface area contributed by atoms with Crippen molar-refractivity contribution in [3.8, 4) is 5.88 Å². The van der Waals surface area contributed by atoms with Gasteiger partial charge in [-0.05, 0) is 43.5 Å². The van der Waals surface area contributed by atoms with Crippen LogP contribution in [-0.2, 0) is 10.9 Å².